The molecule has 2 aliphatic carbocycles. The van der Waals surface area contributed by atoms with Crippen LogP contribution in [-0.4, -0.2) is 33.0 Å². The van der Waals surface area contributed by atoms with Gasteiger partial charge >= 0.3 is 0 Å². The number of hydrogen-bond acceptors (Lipinski definition) is 5. The molecule has 0 radical (unpaired) electrons. The van der Waals surface area contributed by atoms with E-state index in [1.54, 1.807) is 18.2 Å². The van der Waals surface area contributed by atoms with Crippen molar-refractivity contribution < 1.29 is 17.9 Å². The average molecular weight is 430 g/mol. The average Bonchev–Trinajstić information content (AvgIpc) is 3.09. The first-order chi connectivity index (χ1) is 12.9. The molecule has 2 fully saturated rings. The zero-order valence-corrected chi connectivity index (χ0v) is 17.4. The van der Waals surface area contributed by atoms with E-state index in [1.165, 1.54) is 6.42 Å². The number of nitrogens with one attached hydrogen (secondary N) is 2. The first-order valence-corrected chi connectivity index (χ1v) is 11.1. The van der Waals surface area contributed by atoms with Gasteiger partial charge in [-0.05, 0) is 60.8 Å². The van der Waals surface area contributed by atoms with Crippen LogP contribution in [0.1, 0.15) is 43.2 Å². The van der Waals surface area contributed by atoms with Gasteiger partial charge < -0.3 is 15.8 Å². The molecule has 0 spiro atoms. The van der Waals surface area contributed by atoms with Crippen LogP contribution in [0.2, 0.25) is 0 Å². The minimum atomic E-state index is -3.73. The highest BCUT2D eigenvalue weighted by Crippen LogP contribution is 2.39. The summed E-state index contributed by atoms with van der Waals surface area (Å²) in [5, 5.41) is 3.07. The van der Waals surface area contributed by atoms with Crippen molar-refractivity contribution in [2.45, 2.75) is 62.3 Å². The Kier molecular flexibility index (Phi) is 6.66. The maximum Gasteiger partial charge on any atom is 0.241 e. The molecule has 1 aromatic rings. The fourth-order valence-electron chi connectivity index (χ4n) is 4.82. The molecule has 4 rings (SSSR count). The Hall–Kier alpha value is -1.19. The minimum Gasteiger partial charge on any atom is -0.372 e. The monoisotopic (exact) mass is 429 g/mol. The van der Waals surface area contributed by atoms with Crippen molar-refractivity contribution in [1.82, 2.24) is 10.0 Å². The Morgan fingerprint density at radius 3 is 2.54 bits per heavy atom. The molecule has 0 saturated heterocycles. The molecule has 2 bridgehead atoms. The Balaban J connectivity index is 0.00000225. The standard InChI is InChI=1S/C19H27N3O4S.ClH/c20-16-6-12-2-1-3-13(7-16)19(12)22-18(23)9-21-27(24,25)17-5-4-14-10-26-11-15(14)8-17;/h4-5,8,12-13,16,19,21H,1-3,6-7,9-11,20H2,(H,22,23);1H. The van der Waals surface area contributed by atoms with E-state index >= 15 is 0 Å². The van der Waals surface area contributed by atoms with Crippen LogP contribution in [0, 0.1) is 11.8 Å². The van der Waals surface area contributed by atoms with Crippen LogP contribution in [0.15, 0.2) is 23.1 Å². The van der Waals surface area contributed by atoms with E-state index in [9.17, 15) is 13.2 Å². The molecule has 2 atom stereocenters. The van der Waals surface area contributed by atoms with Crippen LogP contribution in [0.5, 0.6) is 0 Å². The molecule has 1 aromatic carbocycles. The van der Waals surface area contributed by atoms with Crippen molar-refractivity contribution in [3.05, 3.63) is 29.3 Å². The molecule has 1 aliphatic heterocycles. The van der Waals surface area contributed by atoms with Gasteiger partial charge in [0.25, 0.3) is 0 Å². The van der Waals surface area contributed by atoms with Gasteiger partial charge in [0.2, 0.25) is 15.9 Å². The zero-order valence-electron chi connectivity index (χ0n) is 15.7. The van der Waals surface area contributed by atoms with Gasteiger partial charge in [-0.1, -0.05) is 12.5 Å². The van der Waals surface area contributed by atoms with Crippen molar-refractivity contribution in [2.24, 2.45) is 17.6 Å². The number of nitrogens with two attached hydrogens (primary N) is 1. The number of ether oxygens (including phenoxy) is 1. The number of halogens is 1. The first-order valence-electron chi connectivity index (χ1n) is 9.66. The Morgan fingerprint density at radius 1 is 1.14 bits per heavy atom. The lowest BCUT2D eigenvalue weighted by molar-refractivity contribution is -0.122. The number of rotatable bonds is 5. The molecule has 0 aromatic heterocycles. The fourth-order valence-corrected chi connectivity index (χ4v) is 5.85. The zero-order chi connectivity index (χ0) is 19.0. The number of hydrogen-bond donors (Lipinski definition) is 3. The molecular weight excluding hydrogens is 402 g/mol. The maximum atomic E-state index is 12.5. The van der Waals surface area contributed by atoms with E-state index in [-0.39, 0.29) is 41.8 Å². The lowest BCUT2D eigenvalue weighted by Crippen LogP contribution is -2.55. The predicted molar refractivity (Wildman–Crippen MR) is 107 cm³/mol. The van der Waals surface area contributed by atoms with Gasteiger partial charge in [0.15, 0.2) is 0 Å². The molecule has 7 nitrogen and oxygen atoms in total. The second-order valence-corrected chi connectivity index (χ2v) is 9.79. The van der Waals surface area contributed by atoms with Gasteiger partial charge in [0.05, 0.1) is 24.7 Å². The van der Waals surface area contributed by atoms with Crippen molar-refractivity contribution in [2.75, 3.05) is 6.54 Å². The SMILES string of the molecule is Cl.NC1CC2CCCC(C1)C2NC(=O)CNS(=O)(=O)c1ccc2c(c1)COC2. The van der Waals surface area contributed by atoms with Crippen LogP contribution >= 0.6 is 12.4 Å². The van der Waals surface area contributed by atoms with E-state index in [4.69, 9.17) is 10.5 Å². The molecular formula is C19H28ClN3O4S. The van der Waals surface area contributed by atoms with E-state index in [0.29, 0.717) is 25.0 Å². The number of amides is 1. The van der Waals surface area contributed by atoms with E-state index in [1.807, 2.05) is 0 Å². The van der Waals surface area contributed by atoms with Crippen molar-refractivity contribution in [3.63, 3.8) is 0 Å². The molecule has 2 saturated carbocycles. The van der Waals surface area contributed by atoms with Crippen LogP contribution in [0.3, 0.4) is 0 Å². The predicted octanol–water partition coefficient (Wildman–Crippen LogP) is 1.44. The molecule has 3 aliphatic rings. The summed E-state index contributed by atoms with van der Waals surface area (Å²) in [5.74, 6) is 0.537. The van der Waals surface area contributed by atoms with E-state index in [0.717, 1.165) is 36.8 Å². The van der Waals surface area contributed by atoms with Crippen molar-refractivity contribution in [3.8, 4) is 0 Å². The topological polar surface area (TPSA) is 111 Å². The number of sulfonamides is 1. The van der Waals surface area contributed by atoms with Crippen LogP contribution in [0.4, 0.5) is 0 Å². The second-order valence-electron chi connectivity index (χ2n) is 8.02. The normalized spacial score (nSPS) is 28.9. The van der Waals surface area contributed by atoms with Gasteiger partial charge in [0, 0.05) is 12.1 Å². The van der Waals surface area contributed by atoms with Gasteiger partial charge in [-0.15, -0.1) is 12.4 Å². The van der Waals surface area contributed by atoms with Gasteiger partial charge in [-0.3, -0.25) is 4.79 Å². The third kappa shape index (κ3) is 4.52. The van der Waals surface area contributed by atoms with Crippen molar-refractivity contribution in [1.29, 1.82) is 0 Å². The van der Waals surface area contributed by atoms with Gasteiger partial charge in [-0.25, -0.2) is 13.1 Å². The highest BCUT2D eigenvalue weighted by molar-refractivity contribution is 7.89. The minimum absolute atomic E-state index is 0. The number of carbonyl (C=O) groups excluding carboxylic acids is 1. The first kappa shape index (κ1) is 21.5. The Bertz CT molecular complexity index is 818. The fraction of sp³-hybridized carbons (Fsp3) is 0.632. The summed E-state index contributed by atoms with van der Waals surface area (Å²) in [6, 6.07) is 5.28. The summed E-state index contributed by atoms with van der Waals surface area (Å²) in [4.78, 5) is 12.6. The summed E-state index contributed by atoms with van der Waals surface area (Å²) >= 11 is 0. The summed E-state index contributed by atoms with van der Waals surface area (Å²) < 4.78 is 32.8. The number of benzene rings is 1. The van der Waals surface area contributed by atoms with Crippen LogP contribution < -0.4 is 15.8 Å². The third-order valence-corrected chi connectivity index (χ3v) is 7.53. The molecule has 28 heavy (non-hydrogen) atoms. The summed E-state index contributed by atoms with van der Waals surface area (Å²) in [5.41, 5.74) is 8.01. The number of fused-ring (bicyclic) bond motifs is 3. The molecule has 156 valence electrons. The molecule has 2 unspecified atom stereocenters. The van der Waals surface area contributed by atoms with E-state index < -0.39 is 10.0 Å². The van der Waals surface area contributed by atoms with E-state index in [2.05, 4.69) is 10.0 Å². The highest BCUT2D eigenvalue weighted by Gasteiger charge is 2.39. The molecule has 1 amide bonds. The molecule has 1 heterocycles. The van der Waals surface area contributed by atoms with Crippen LogP contribution in [-0.2, 0) is 32.8 Å². The Labute approximate surface area is 172 Å². The maximum absolute atomic E-state index is 12.5. The smallest absolute Gasteiger partial charge is 0.241 e. The largest absolute Gasteiger partial charge is 0.372 e. The molecule has 9 heteroatoms. The highest BCUT2D eigenvalue weighted by atomic mass is 35.5. The number of carbonyl (C=O) groups is 1. The lowest BCUT2D eigenvalue weighted by Gasteiger charge is -2.45. The summed E-state index contributed by atoms with van der Waals surface area (Å²) in [6.07, 6.45) is 5.22. The van der Waals surface area contributed by atoms with Gasteiger partial charge in [0.1, 0.15) is 0 Å². The summed E-state index contributed by atoms with van der Waals surface area (Å²) in [7, 11) is -3.73. The second kappa shape index (κ2) is 8.67. The van der Waals surface area contributed by atoms with Crippen LogP contribution in [0.25, 0.3) is 0 Å². The Morgan fingerprint density at radius 2 is 1.82 bits per heavy atom. The quantitative estimate of drug-likeness (QED) is 0.655. The molecule has 4 N–H and O–H groups in total. The van der Waals surface area contributed by atoms with Crippen molar-refractivity contribution >= 4 is 28.3 Å². The summed E-state index contributed by atoms with van der Waals surface area (Å²) in [6.45, 7) is 0.683. The van der Waals surface area contributed by atoms with Gasteiger partial charge in [-0.2, -0.15) is 0 Å². The lowest BCUT2D eigenvalue weighted by atomic mass is 9.67. The third-order valence-electron chi connectivity index (χ3n) is 6.13.